The molecule has 0 aliphatic heterocycles. The van der Waals surface area contributed by atoms with Crippen LogP contribution in [-0.2, 0) is 14.4 Å². The van der Waals surface area contributed by atoms with Crippen LogP contribution >= 0.6 is 0 Å². The molecule has 0 aromatic carbocycles. The summed E-state index contributed by atoms with van der Waals surface area (Å²) in [5, 5.41) is 16.0. The zero-order valence-corrected chi connectivity index (χ0v) is 14.3. The Balaban J connectivity index is 2.31. The molecule has 0 heterocycles. The summed E-state index contributed by atoms with van der Waals surface area (Å²) in [5.41, 5.74) is 3.86. The van der Waals surface area contributed by atoms with Gasteiger partial charge in [0.05, 0.1) is 12.0 Å². The van der Waals surface area contributed by atoms with E-state index in [9.17, 15) is 19.5 Å². The Morgan fingerprint density at radius 1 is 1.13 bits per heavy atom. The summed E-state index contributed by atoms with van der Waals surface area (Å²) < 4.78 is 0. The Kier molecular flexibility index (Phi) is 7.48. The molecular formula is C16H29N3O4. The van der Waals surface area contributed by atoms with Crippen LogP contribution in [0, 0.1) is 17.8 Å². The summed E-state index contributed by atoms with van der Waals surface area (Å²) in [7, 11) is 0. The highest BCUT2D eigenvalue weighted by molar-refractivity contribution is 5.84. The van der Waals surface area contributed by atoms with Gasteiger partial charge in [0, 0.05) is 18.4 Å². The number of quaternary nitrogens is 1. The molecule has 132 valence electrons. The standard InChI is InChI=1S/C16H29N3O4/c1-9(2)13(17)15(21)18-8-11-4-6-12(7-5-11)14(20)19-10(3)16(22)23/h9-13H,4-8,17H2,1-3H3,(H,18,21)(H,19,20)(H,22,23)/t10-,11?,12?,13+/m0/s1. The maximum absolute atomic E-state index is 12.0. The molecule has 7 heteroatoms. The number of hydrogen-bond donors (Lipinski definition) is 3. The van der Waals surface area contributed by atoms with Gasteiger partial charge >= 0.3 is 0 Å². The molecule has 0 unspecified atom stereocenters. The smallest absolute Gasteiger partial charge is 0.278 e. The van der Waals surface area contributed by atoms with Gasteiger partial charge in [0.2, 0.25) is 5.91 Å². The second-order valence-electron chi connectivity index (χ2n) is 6.86. The summed E-state index contributed by atoms with van der Waals surface area (Å²) in [5.74, 6) is -1.10. The van der Waals surface area contributed by atoms with E-state index >= 15 is 0 Å². The normalized spacial score (nSPS) is 23.9. The van der Waals surface area contributed by atoms with Gasteiger partial charge in [-0.15, -0.1) is 0 Å². The van der Waals surface area contributed by atoms with Crippen LogP contribution in [0.4, 0.5) is 0 Å². The van der Waals surface area contributed by atoms with Crippen LogP contribution in [0.1, 0.15) is 46.5 Å². The number of carbonyl (C=O) groups excluding carboxylic acids is 3. The molecule has 23 heavy (non-hydrogen) atoms. The largest absolute Gasteiger partial charge is 0.548 e. The minimum absolute atomic E-state index is 0.0253. The van der Waals surface area contributed by atoms with Crippen molar-refractivity contribution < 1.29 is 25.2 Å². The molecule has 1 aliphatic rings. The van der Waals surface area contributed by atoms with E-state index in [0.29, 0.717) is 25.3 Å². The van der Waals surface area contributed by atoms with E-state index in [4.69, 9.17) is 0 Å². The Morgan fingerprint density at radius 3 is 2.17 bits per heavy atom. The molecule has 0 radical (unpaired) electrons. The van der Waals surface area contributed by atoms with E-state index in [1.807, 2.05) is 13.8 Å². The molecule has 1 fully saturated rings. The molecule has 1 saturated carbocycles. The first kappa shape index (κ1) is 19.4. The van der Waals surface area contributed by atoms with Crippen molar-refractivity contribution in [1.29, 1.82) is 0 Å². The number of rotatable bonds is 7. The van der Waals surface area contributed by atoms with Gasteiger partial charge in [-0.05, 0) is 38.5 Å². The molecular weight excluding hydrogens is 298 g/mol. The first-order valence-corrected chi connectivity index (χ1v) is 8.34. The summed E-state index contributed by atoms with van der Waals surface area (Å²) in [4.78, 5) is 34.5. The average molecular weight is 327 g/mol. The van der Waals surface area contributed by atoms with E-state index in [1.54, 1.807) is 0 Å². The van der Waals surface area contributed by atoms with Gasteiger partial charge < -0.3 is 26.3 Å². The third kappa shape index (κ3) is 6.17. The van der Waals surface area contributed by atoms with E-state index < -0.39 is 12.0 Å². The van der Waals surface area contributed by atoms with Gasteiger partial charge in [-0.2, -0.15) is 0 Å². The topological polar surface area (TPSA) is 126 Å². The lowest BCUT2D eigenvalue weighted by molar-refractivity contribution is -0.414. The van der Waals surface area contributed by atoms with Crippen molar-refractivity contribution >= 4 is 17.8 Å². The monoisotopic (exact) mass is 327 g/mol. The molecule has 2 amide bonds. The van der Waals surface area contributed by atoms with E-state index in [-0.39, 0.29) is 29.7 Å². The molecule has 2 atom stereocenters. The zero-order valence-electron chi connectivity index (χ0n) is 14.3. The van der Waals surface area contributed by atoms with E-state index in [0.717, 1.165) is 12.8 Å². The number of hydrogen-bond acceptors (Lipinski definition) is 4. The first-order chi connectivity index (χ1) is 10.7. The molecule has 0 aromatic heterocycles. The lowest BCUT2D eigenvalue weighted by Gasteiger charge is -2.29. The number of nitrogens with one attached hydrogen (secondary N) is 2. The van der Waals surface area contributed by atoms with E-state index in [2.05, 4.69) is 16.4 Å². The van der Waals surface area contributed by atoms with Crippen LogP contribution in [0.2, 0.25) is 0 Å². The Morgan fingerprint density at radius 2 is 1.70 bits per heavy atom. The molecule has 0 bridgehead atoms. The Bertz CT molecular complexity index is 431. The number of carbonyl (C=O) groups is 3. The highest BCUT2D eigenvalue weighted by atomic mass is 16.4. The van der Waals surface area contributed by atoms with Crippen molar-refractivity contribution in [3.8, 4) is 0 Å². The van der Waals surface area contributed by atoms with Gasteiger partial charge in [0.25, 0.3) is 5.91 Å². The summed E-state index contributed by atoms with van der Waals surface area (Å²) >= 11 is 0. The van der Waals surface area contributed by atoms with Crippen molar-refractivity contribution in [1.82, 2.24) is 10.6 Å². The van der Waals surface area contributed by atoms with Crippen LogP contribution in [-0.4, -0.2) is 36.4 Å². The molecule has 1 rings (SSSR count). The molecule has 0 saturated heterocycles. The maximum atomic E-state index is 12.0. The van der Waals surface area contributed by atoms with Crippen LogP contribution in [0.3, 0.4) is 0 Å². The fourth-order valence-electron chi connectivity index (χ4n) is 2.70. The molecule has 5 N–H and O–H groups in total. The van der Waals surface area contributed by atoms with Crippen LogP contribution in [0.25, 0.3) is 0 Å². The second kappa shape index (κ2) is 8.86. The molecule has 7 nitrogen and oxygen atoms in total. The van der Waals surface area contributed by atoms with Gasteiger partial charge in [-0.1, -0.05) is 13.8 Å². The Labute approximate surface area is 137 Å². The van der Waals surface area contributed by atoms with Crippen molar-refractivity contribution in [2.75, 3.05) is 6.54 Å². The third-order valence-electron chi connectivity index (χ3n) is 4.64. The highest BCUT2D eigenvalue weighted by Gasteiger charge is 2.28. The second-order valence-corrected chi connectivity index (χ2v) is 6.86. The van der Waals surface area contributed by atoms with Crippen molar-refractivity contribution in [3.05, 3.63) is 0 Å². The zero-order chi connectivity index (χ0) is 17.6. The van der Waals surface area contributed by atoms with Crippen LogP contribution in [0.5, 0.6) is 0 Å². The summed E-state index contributed by atoms with van der Waals surface area (Å²) in [6, 6.07) is -1.22. The van der Waals surface area contributed by atoms with E-state index in [1.165, 1.54) is 6.92 Å². The molecule has 0 aromatic rings. The quantitative estimate of drug-likeness (QED) is 0.522. The Hall–Kier alpha value is -1.63. The summed E-state index contributed by atoms with van der Waals surface area (Å²) in [6.07, 6.45) is 3.12. The minimum Gasteiger partial charge on any atom is -0.548 e. The average Bonchev–Trinajstić information content (AvgIpc) is 2.51. The fraction of sp³-hybridized carbons (Fsp3) is 0.812. The maximum Gasteiger partial charge on any atom is 0.278 e. The van der Waals surface area contributed by atoms with Gasteiger partial charge in [0.1, 0.15) is 0 Å². The third-order valence-corrected chi connectivity index (χ3v) is 4.64. The first-order valence-electron chi connectivity index (χ1n) is 8.34. The van der Waals surface area contributed by atoms with Crippen molar-refractivity contribution in [2.45, 2.75) is 58.5 Å². The SMILES string of the molecule is CC(C)[C@@H]([NH3+])C(=O)NCC1CCC(C(=O)N[C@@H](C)C(=O)[O-])CC1. The predicted molar refractivity (Wildman–Crippen MR) is 82.6 cm³/mol. The minimum atomic E-state index is -1.28. The lowest BCUT2D eigenvalue weighted by atomic mass is 9.81. The van der Waals surface area contributed by atoms with Crippen LogP contribution in [0.15, 0.2) is 0 Å². The lowest BCUT2D eigenvalue weighted by Crippen LogP contribution is -2.70. The fourth-order valence-corrected chi connectivity index (χ4v) is 2.70. The van der Waals surface area contributed by atoms with Crippen LogP contribution < -0.4 is 21.5 Å². The molecule has 0 spiro atoms. The predicted octanol–water partition coefficient (Wildman–Crippen LogP) is -1.57. The summed E-state index contributed by atoms with van der Waals surface area (Å²) in [6.45, 7) is 5.95. The highest BCUT2D eigenvalue weighted by Crippen LogP contribution is 2.28. The van der Waals surface area contributed by atoms with Gasteiger partial charge in [-0.3, -0.25) is 9.59 Å². The molecule has 1 aliphatic carbocycles. The van der Waals surface area contributed by atoms with Gasteiger partial charge in [-0.25, -0.2) is 0 Å². The number of aliphatic carboxylic acids is 1. The number of carboxylic acids is 1. The van der Waals surface area contributed by atoms with Crippen molar-refractivity contribution in [2.24, 2.45) is 17.8 Å². The number of amides is 2. The van der Waals surface area contributed by atoms with Crippen molar-refractivity contribution in [3.63, 3.8) is 0 Å². The van der Waals surface area contributed by atoms with Gasteiger partial charge in [0.15, 0.2) is 6.04 Å². The number of carboxylic acid groups (broad SMARTS) is 1.